The molecule has 0 bridgehead atoms. The fourth-order valence-electron chi connectivity index (χ4n) is 5.08. The molecule has 282 valence electrons. The molecule has 1 aliphatic heterocycles. The Morgan fingerprint density at radius 2 is 1.67 bits per heavy atom. The van der Waals surface area contributed by atoms with Crippen LogP contribution < -0.4 is 14.8 Å². The first-order valence-electron chi connectivity index (χ1n) is 16.0. The Balaban J connectivity index is 1.01. The second-order valence-electron chi connectivity index (χ2n) is 11.5. The number of hydrogen-bond acceptors (Lipinski definition) is 8. The van der Waals surface area contributed by atoms with Crippen LogP contribution in [0.5, 0.6) is 11.5 Å². The Hall–Kier alpha value is -5.40. The van der Waals surface area contributed by atoms with Crippen molar-refractivity contribution in [3.8, 4) is 22.1 Å². The molecule has 19 heteroatoms. The van der Waals surface area contributed by atoms with Gasteiger partial charge in [-0.3, -0.25) is 27.8 Å². The van der Waals surface area contributed by atoms with Crippen molar-refractivity contribution in [2.75, 3.05) is 13.2 Å². The van der Waals surface area contributed by atoms with Crippen LogP contribution in [-0.2, 0) is 19.7 Å². The molecule has 0 aliphatic carbocycles. The number of thiophene rings is 1. The lowest BCUT2D eigenvalue weighted by molar-refractivity contribution is -0.135. The van der Waals surface area contributed by atoms with Crippen LogP contribution in [-0.4, -0.2) is 56.1 Å². The van der Waals surface area contributed by atoms with E-state index >= 15 is 0 Å². The number of nitrogens with zero attached hydrogens (tertiary/aromatic N) is 2. The molecule has 4 aromatic rings. The monoisotopic (exact) mass is 791 g/mol. The van der Waals surface area contributed by atoms with Crippen molar-refractivity contribution in [1.82, 2.24) is 9.79 Å². The van der Waals surface area contributed by atoms with Gasteiger partial charge < -0.3 is 19.3 Å². The van der Waals surface area contributed by atoms with E-state index in [4.69, 9.17) is 9.29 Å². The van der Waals surface area contributed by atoms with E-state index in [9.17, 15) is 44.2 Å². The van der Waals surface area contributed by atoms with Crippen molar-refractivity contribution in [2.45, 2.75) is 30.6 Å². The minimum atomic E-state index is -5.65. The number of amides is 1. The van der Waals surface area contributed by atoms with Gasteiger partial charge in [0.05, 0.1) is 11.4 Å². The summed E-state index contributed by atoms with van der Waals surface area (Å²) in [5, 5.41) is 4.45. The van der Waals surface area contributed by atoms with Crippen molar-refractivity contribution < 1.29 is 58.2 Å². The molecule has 0 unspecified atom stereocenters. The first-order valence-corrected chi connectivity index (χ1v) is 18.3. The number of aliphatic imine (C=N–C) groups is 1. The highest BCUT2D eigenvalue weighted by atomic mass is 32.2. The standard InChI is InChI=1S/C35H28BF6N3O7S2/c37-30-32(39)35(54(48,49)50)33(40)31(38)34(30)52-29(47)6-2-1-3-15-43-28(46)20-51-25-12-9-21(10-13-25)7-8-22-17-23(44-19-22)18-24-11-14-26(45(24)36(41)42)27-5-4-16-53-27/h4-5,7-14,16-19H,1-3,6,15,20H2,(H,43,46)(H,48,49,50)/b8-7+,23-18-. The summed E-state index contributed by atoms with van der Waals surface area (Å²) >= 11 is 1.38. The molecule has 0 saturated heterocycles. The lowest BCUT2D eigenvalue weighted by Gasteiger charge is -2.10. The lowest BCUT2D eigenvalue weighted by atomic mass is 10.1. The molecular formula is C35H28BF6N3O7S2. The normalized spacial score (nSPS) is 13.5. The highest BCUT2D eigenvalue weighted by Crippen LogP contribution is 2.33. The fourth-order valence-corrected chi connectivity index (χ4v) is 6.46. The molecule has 2 N–H and O–H groups in total. The molecule has 2 aromatic heterocycles. The maximum atomic E-state index is 14.0. The average Bonchev–Trinajstić information content (AvgIpc) is 3.91. The number of ether oxygens (including phenoxy) is 2. The number of halogens is 6. The molecule has 2 aromatic carbocycles. The zero-order valence-electron chi connectivity index (χ0n) is 27.8. The first-order chi connectivity index (χ1) is 25.7. The number of hydrogen-bond donors (Lipinski definition) is 2. The highest BCUT2D eigenvalue weighted by Gasteiger charge is 2.34. The van der Waals surface area contributed by atoms with Crippen molar-refractivity contribution >= 4 is 59.1 Å². The highest BCUT2D eigenvalue weighted by molar-refractivity contribution is 7.85. The topological polar surface area (TPSA) is 136 Å². The molecule has 10 nitrogen and oxygen atoms in total. The molecule has 5 rings (SSSR count). The average molecular weight is 792 g/mol. The summed E-state index contributed by atoms with van der Waals surface area (Å²) in [6.07, 6.45) is 9.03. The van der Waals surface area contributed by atoms with Gasteiger partial charge in [0.15, 0.2) is 23.1 Å². The van der Waals surface area contributed by atoms with Crippen LogP contribution in [0.2, 0.25) is 0 Å². The largest absolute Gasteiger partial charge is 0.678 e. The Bertz CT molecular complexity index is 2230. The smallest absolute Gasteiger partial charge is 0.484 e. The summed E-state index contributed by atoms with van der Waals surface area (Å²) in [5.74, 6) is -12.6. The zero-order valence-corrected chi connectivity index (χ0v) is 29.4. The maximum Gasteiger partial charge on any atom is 0.678 e. The number of allylic oxidation sites excluding steroid dienone is 3. The van der Waals surface area contributed by atoms with Crippen LogP contribution in [0.4, 0.5) is 26.2 Å². The van der Waals surface area contributed by atoms with E-state index in [1.54, 1.807) is 66.9 Å². The summed E-state index contributed by atoms with van der Waals surface area (Å²) in [6, 6.07) is 13.7. The summed E-state index contributed by atoms with van der Waals surface area (Å²) in [6.45, 7) is -0.0900. The van der Waals surface area contributed by atoms with Crippen LogP contribution in [0.25, 0.3) is 22.7 Å². The van der Waals surface area contributed by atoms with Crippen molar-refractivity contribution in [2.24, 2.45) is 4.99 Å². The third kappa shape index (κ3) is 9.97. The minimum Gasteiger partial charge on any atom is -0.484 e. The Kier molecular flexibility index (Phi) is 13.0. The van der Waals surface area contributed by atoms with Gasteiger partial charge in [-0.05, 0) is 71.8 Å². The van der Waals surface area contributed by atoms with E-state index in [1.165, 1.54) is 11.3 Å². The zero-order chi connectivity index (χ0) is 39.0. The van der Waals surface area contributed by atoms with Gasteiger partial charge in [0.1, 0.15) is 5.75 Å². The Morgan fingerprint density at radius 1 is 0.944 bits per heavy atom. The Morgan fingerprint density at radius 3 is 2.31 bits per heavy atom. The number of benzene rings is 2. The van der Waals surface area contributed by atoms with Crippen LogP contribution in [0.1, 0.15) is 36.9 Å². The first kappa shape index (κ1) is 39.8. The number of nitrogens with one attached hydrogen (secondary N) is 1. The Labute approximate surface area is 309 Å². The van der Waals surface area contributed by atoms with Gasteiger partial charge in [0, 0.05) is 29.8 Å². The number of carbonyl (C=O) groups is 2. The number of esters is 1. The van der Waals surface area contributed by atoms with E-state index in [0.29, 0.717) is 35.7 Å². The minimum absolute atomic E-state index is 0.109. The third-order valence-corrected chi connectivity index (χ3v) is 9.41. The number of rotatable bonds is 16. The second-order valence-corrected chi connectivity index (χ2v) is 13.8. The maximum absolute atomic E-state index is 14.0. The second kappa shape index (κ2) is 17.6. The molecule has 0 atom stereocenters. The van der Waals surface area contributed by atoms with Gasteiger partial charge >= 0.3 is 23.5 Å². The van der Waals surface area contributed by atoms with Crippen LogP contribution >= 0.6 is 11.3 Å². The van der Waals surface area contributed by atoms with Gasteiger partial charge in [-0.25, -0.2) is 8.78 Å². The molecule has 3 heterocycles. The molecule has 0 radical (unpaired) electrons. The van der Waals surface area contributed by atoms with Crippen LogP contribution in [0.3, 0.4) is 0 Å². The van der Waals surface area contributed by atoms with Gasteiger partial charge in [0.25, 0.3) is 5.91 Å². The molecule has 0 fully saturated rings. The summed E-state index contributed by atoms with van der Waals surface area (Å²) in [7, 11) is -8.37. The van der Waals surface area contributed by atoms with Gasteiger partial charge in [-0.15, -0.1) is 11.3 Å². The predicted molar refractivity (Wildman–Crippen MR) is 190 cm³/mol. The van der Waals surface area contributed by atoms with Crippen LogP contribution in [0.15, 0.2) is 87.2 Å². The van der Waals surface area contributed by atoms with Gasteiger partial charge in [-0.2, -0.15) is 17.2 Å². The fraction of sp³-hybridized carbons (Fsp3) is 0.171. The summed E-state index contributed by atoms with van der Waals surface area (Å²) in [5.41, 5.74) is 2.86. The van der Waals surface area contributed by atoms with E-state index in [-0.39, 0.29) is 19.6 Å². The molecule has 1 aliphatic rings. The van der Waals surface area contributed by atoms with Gasteiger partial charge in [-0.1, -0.05) is 36.8 Å². The summed E-state index contributed by atoms with van der Waals surface area (Å²) < 4.78 is 125. The third-order valence-electron chi connectivity index (χ3n) is 7.65. The predicted octanol–water partition coefficient (Wildman–Crippen LogP) is 7.52. The van der Waals surface area contributed by atoms with E-state index < -0.39 is 69.7 Å². The van der Waals surface area contributed by atoms with Gasteiger partial charge in [0.2, 0.25) is 17.4 Å². The van der Waals surface area contributed by atoms with E-state index in [1.807, 2.05) is 17.5 Å². The SMILES string of the molecule is O=C(COc1ccc(/C=C/C2=CC(=C/c3ccc(-c4cccs4)n3B(F)F)/N=C2)cc1)NCCCCCC(=O)Oc1c(F)c(F)c(S(=O)(=O)O)c(F)c1F. The molecule has 0 spiro atoms. The summed E-state index contributed by atoms with van der Waals surface area (Å²) in [4.78, 5) is 26.9. The molecular weight excluding hydrogens is 763 g/mol. The number of aromatic nitrogens is 1. The van der Waals surface area contributed by atoms with Crippen molar-refractivity contribution in [3.63, 3.8) is 0 Å². The number of unbranched alkanes of at least 4 members (excludes halogenated alkanes) is 2. The molecule has 1 amide bonds. The lowest BCUT2D eigenvalue weighted by Crippen LogP contribution is -2.29. The van der Waals surface area contributed by atoms with Crippen molar-refractivity contribution in [1.29, 1.82) is 0 Å². The number of carbonyl (C=O) groups excluding carboxylic acids is 2. The van der Waals surface area contributed by atoms with Crippen molar-refractivity contribution in [3.05, 3.63) is 112 Å². The molecule has 54 heavy (non-hydrogen) atoms. The van der Waals surface area contributed by atoms with E-state index in [2.05, 4.69) is 15.0 Å². The quantitative estimate of drug-likeness (QED) is 0.0228. The molecule has 0 saturated carbocycles. The van der Waals surface area contributed by atoms with Crippen LogP contribution in [0, 0.1) is 23.3 Å². The van der Waals surface area contributed by atoms with E-state index in [0.717, 1.165) is 20.5 Å².